The molecule has 0 unspecified atom stereocenters. The van der Waals surface area contributed by atoms with Crippen LogP contribution in [0.2, 0.25) is 0 Å². The molecule has 0 radical (unpaired) electrons. The Bertz CT molecular complexity index is 3880. The zero-order valence-corrected chi connectivity index (χ0v) is 65.7. The summed E-state index contributed by atoms with van der Waals surface area (Å²) >= 11 is 8.17. The number of hydrogen-bond donors (Lipinski definition) is 24. The second kappa shape index (κ2) is 46.9. The number of nitrogens with two attached hydrogens (primary N) is 4. The van der Waals surface area contributed by atoms with Gasteiger partial charge in [-0.15, -0.1) is 0 Å². The summed E-state index contributed by atoms with van der Waals surface area (Å²) in [5, 5.41) is 66.3. The van der Waals surface area contributed by atoms with E-state index in [9.17, 15) is 86.9 Å². The Morgan fingerprint density at radius 2 is 0.833 bits per heavy atom. The molecule has 2 fully saturated rings. The van der Waals surface area contributed by atoms with Crippen molar-refractivity contribution in [3.63, 3.8) is 0 Å². The van der Waals surface area contributed by atoms with E-state index < -0.39 is 181 Å². The molecule has 14 amide bonds. The molecule has 0 spiro atoms. The molecule has 2 aromatic heterocycles. The van der Waals surface area contributed by atoms with Crippen LogP contribution in [0.1, 0.15) is 101 Å². The Labute approximate surface area is 673 Å². The van der Waals surface area contributed by atoms with Crippen molar-refractivity contribution in [1.82, 2.24) is 83.6 Å². The number of carboxylic acid groups (broad SMARTS) is 2. The number of primary amides is 2. The van der Waals surface area contributed by atoms with Crippen molar-refractivity contribution >= 4 is 175 Å². The van der Waals surface area contributed by atoms with Crippen LogP contribution >= 0.6 is 46.8 Å². The summed E-state index contributed by atoms with van der Waals surface area (Å²) < 4.78 is 0. The minimum atomic E-state index is -1.82. The number of benzene rings is 2. The number of likely N-dealkylation sites (tertiary alicyclic amines) is 2. The molecule has 4 aromatic rings. The van der Waals surface area contributed by atoms with Gasteiger partial charge in [-0.05, 0) is 87.5 Å². The van der Waals surface area contributed by atoms with Crippen molar-refractivity contribution < 1.29 is 86.9 Å². The lowest BCUT2D eigenvalue weighted by molar-refractivity contribution is -0.143. The fourth-order valence-electron chi connectivity index (χ4n) is 12.6. The number of aromatic amines is 2. The Morgan fingerprint density at radius 3 is 1.18 bits per heavy atom. The summed E-state index contributed by atoms with van der Waals surface area (Å²) in [6.45, 7) is -1.03. The summed E-state index contributed by atoms with van der Waals surface area (Å²) in [4.78, 5) is 223. The lowest BCUT2D eigenvalue weighted by Gasteiger charge is -2.30. The first-order chi connectivity index (χ1) is 54.4. The minimum Gasteiger partial charge on any atom is -0.481 e. The third kappa shape index (κ3) is 29.8. The van der Waals surface area contributed by atoms with Crippen LogP contribution < -0.4 is 86.7 Å². The minimum absolute atomic E-state index is 0.0193. The molecule has 44 heteroatoms. The van der Waals surface area contributed by atoms with E-state index in [0.717, 1.165) is 0 Å². The van der Waals surface area contributed by atoms with E-state index >= 15 is 0 Å². The number of carbonyl (C=O) groups excluding carboxylic acids is 14. The molecule has 0 aliphatic carbocycles. The number of thiol groups is 2. The Balaban J connectivity index is 1.02. The highest BCUT2D eigenvalue weighted by atomic mass is 33.1. The fraction of sp³-hybridized carbons (Fsp3) is 0.514. The highest BCUT2D eigenvalue weighted by Crippen LogP contribution is 2.27. The van der Waals surface area contributed by atoms with Gasteiger partial charge in [-0.1, -0.05) is 58.0 Å². The molecule has 26 N–H and O–H groups in total. The summed E-state index contributed by atoms with van der Waals surface area (Å²) in [6, 6.07) is 0.665. The van der Waals surface area contributed by atoms with Gasteiger partial charge in [0, 0.05) is 109 Å². The Hall–Kier alpha value is -11.0. The molecule has 6 rings (SSSR count). The van der Waals surface area contributed by atoms with Crippen LogP contribution in [-0.4, -0.2) is 259 Å². The van der Waals surface area contributed by atoms with Crippen molar-refractivity contribution in [3.8, 4) is 0 Å². The quantitative estimate of drug-likeness (QED) is 0.00655. The summed E-state index contributed by atoms with van der Waals surface area (Å²) in [5.41, 5.74) is 24.2. The smallest absolute Gasteiger partial charge is 0.305 e. The van der Waals surface area contributed by atoms with Gasteiger partial charge < -0.3 is 117 Å². The monoisotopic (exact) mass is 1660 g/mol. The number of rotatable bonds is 49. The SMILES string of the molecule is N=C(N)NCCCC[C@H](NC(=O)CCSSCCC(=O)N[C@@H](CCCCNC(=N)N)C(=O)NCC(=O)N[C@@H](CC(=O)O)C(=O)N[C@@H](Cc1c[nH]c2ccccc12)C(=O)N1CCC[C@H]1C(=O)N[C@@H](CS)C(N)=O)C(=O)NCC(=O)N[C@@H](CC(=O)O)C(=O)N[C@@H](Cc1c[nH]c2ccccc12)C(=O)N1CCC[C@H]1C(=O)N[C@@H](CS)C(N)=O. The lowest BCUT2D eigenvalue weighted by Crippen LogP contribution is -2.59. The number of para-hydroxylation sites is 2. The molecule has 4 heterocycles. The van der Waals surface area contributed by atoms with Crippen LogP contribution in [0.25, 0.3) is 21.8 Å². The maximum atomic E-state index is 14.5. The summed E-state index contributed by atoms with van der Waals surface area (Å²) in [5.74, 6) is -15.3. The topological polar surface area (TPSA) is 648 Å². The summed E-state index contributed by atoms with van der Waals surface area (Å²) in [7, 11) is 2.38. The third-order valence-corrected chi connectivity index (χ3v) is 21.5. The van der Waals surface area contributed by atoms with Gasteiger partial charge in [0.2, 0.25) is 82.7 Å². The second-order valence-electron chi connectivity index (χ2n) is 26.8. The average Bonchev–Trinajstić information content (AvgIpc) is 1.66. The fourth-order valence-corrected chi connectivity index (χ4v) is 15.2. The van der Waals surface area contributed by atoms with Gasteiger partial charge in [0.1, 0.15) is 60.4 Å². The van der Waals surface area contributed by atoms with Gasteiger partial charge in [-0.2, -0.15) is 25.3 Å². The molecule has 10 atom stereocenters. The molecule has 2 aromatic carbocycles. The largest absolute Gasteiger partial charge is 0.481 e. The number of guanidine groups is 2. The first-order valence-electron chi connectivity index (χ1n) is 36.7. The molecular formula is C70H100N22O18S4. The predicted molar refractivity (Wildman–Crippen MR) is 427 cm³/mol. The van der Waals surface area contributed by atoms with Gasteiger partial charge in [0.25, 0.3) is 0 Å². The first kappa shape index (κ1) is 91.9. The number of aliphatic carboxylic acids is 2. The molecule has 114 heavy (non-hydrogen) atoms. The van der Waals surface area contributed by atoms with E-state index in [1.54, 1.807) is 60.9 Å². The third-order valence-electron chi connectivity index (χ3n) is 18.4. The molecule has 2 saturated heterocycles. The van der Waals surface area contributed by atoms with Gasteiger partial charge in [-0.25, -0.2) is 0 Å². The van der Waals surface area contributed by atoms with E-state index in [1.165, 1.54) is 31.4 Å². The number of nitrogens with one attached hydrogen (secondary N) is 16. The molecule has 2 aliphatic heterocycles. The summed E-state index contributed by atoms with van der Waals surface area (Å²) in [6.07, 6.45) is 3.12. The molecular weight excluding hydrogens is 1570 g/mol. The van der Waals surface area contributed by atoms with E-state index in [-0.39, 0.29) is 112 Å². The van der Waals surface area contributed by atoms with Gasteiger partial charge >= 0.3 is 11.9 Å². The Morgan fingerprint density at radius 1 is 0.465 bits per heavy atom. The van der Waals surface area contributed by atoms with Gasteiger partial charge in [0.05, 0.1) is 25.9 Å². The van der Waals surface area contributed by atoms with E-state index in [4.69, 9.17) is 33.8 Å². The number of carboxylic acids is 2. The number of aromatic nitrogens is 2. The zero-order chi connectivity index (χ0) is 83.6. The number of unbranched alkanes of at least 4 members (excludes halogenated alkanes) is 2. The maximum absolute atomic E-state index is 14.5. The number of H-pyrrole nitrogens is 2. The van der Waals surface area contributed by atoms with Crippen LogP contribution in [0.5, 0.6) is 0 Å². The van der Waals surface area contributed by atoms with Crippen molar-refractivity contribution in [2.24, 2.45) is 22.9 Å². The number of carbonyl (C=O) groups is 16. The highest BCUT2D eigenvalue weighted by molar-refractivity contribution is 8.76. The van der Waals surface area contributed by atoms with Crippen LogP contribution in [-0.2, 0) is 89.6 Å². The lowest BCUT2D eigenvalue weighted by atomic mass is 10.0. The van der Waals surface area contributed by atoms with Crippen molar-refractivity contribution in [2.75, 3.05) is 62.3 Å². The highest BCUT2D eigenvalue weighted by Gasteiger charge is 2.42. The second-order valence-corrected chi connectivity index (χ2v) is 30.3. The van der Waals surface area contributed by atoms with E-state index in [0.29, 0.717) is 71.5 Å². The standard InChI is InChI=1S/C70H100N22O18S4/c71-59(101)49(35-111)89-65(107)51-17-9-23-91(51)67(109)47(27-37-31-79-41-13-3-1-11-39(37)41)87-63(105)45(29-57(97)98)85-55(95)33-81-61(103)43(15-5-7-21-77-69(73)74)83-53(93)19-25-113-114-26-20-54(94)84-44(16-6-8-22-78-70(75)76)62(104)82-34-56(96)86-46(30-58(99)100)64(106)88-48(28-38-32-80-42-14-4-2-12-40(38)42)68(110)92-24-10-18-52(92)66(108)90-50(36-112)60(72)102/h1-4,11-14,31-32,43-52,79-80,111-112H,5-10,15-30,33-36H2,(H2,71,101)(H2,72,102)(H,81,103)(H,82,104)(H,83,93)(H,84,94)(H,85,95)(H,86,96)(H,87,105)(H,88,106)(H,89,107)(H,90,108)(H,97,98)(H,99,100)(H4,73,74,77)(H4,75,76,78)/t43-,44-,45-,46-,47-,48-,49-,50-,51-,52-/m0/s1. The van der Waals surface area contributed by atoms with Crippen LogP contribution in [0.15, 0.2) is 60.9 Å². The zero-order valence-electron chi connectivity index (χ0n) is 62.3. The van der Waals surface area contributed by atoms with Gasteiger partial charge in [-0.3, -0.25) is 87.5 Å². The number of nitrogens with zero attached hydrogens (tertiary/aromatic N) is 2. The van der Waals surface area contributed by atoms with Crippen molar-refractivity contribution in [3.05, 3.63) is 72.1 Å². The Kier molecular flexibility index (Phi) is 37.8. The molecule has 0 saturated carbocycles. The average molecular weight is 1670 g/mol. The molecule has 0 bridgehead atoms. The van der Waals surface area contributed by atoms with Gasteiger partial charge in [0.15, 0.2) is 11.9 Å². The molecule has 40 nitrogen and oxygen atoms in total. The first-order valence-corrected chi connectivity index (χ1v) is 40.4. The van der Waals surface area contributed by atoms with E-state index in [1.807, 2.05) is 0 Å². The van der Waals surface area contributed by atoms with E-state index in [2.05, 4.69) is 99.0 Å². The number of fused-ring (bicyclic) bond motifs is 2. The van der Waals surface area contributed by atoms with Crippen molar-refractivity contribution in [2.45, 2.75) is 163 Å². The molecule has 2 aliphatic rings. The number of hydrogen-bond acceptors (Lipinski definition) is 22. The maximum Gasteiger partial charge on any atom is 0.305 e. The predicted octanol–water partition coefficient (Wildman–Crippen LogP) is -4.22. The van der Waals surface area contributed by atoms with Crippen LogP contribution in [0, 0.1) is 10.8 Å². The molecule has 622 valence electrons. The van der Waals surface area contributed by atoms with Crippen molar-refractivity contribution in [1.29, 1.82) is 10.8 Å². The normalized spacial score (nSPS) is 15.8. The van der Waals surface area contributed by atoms with Crippen LogP contribution in [0.3, 0.4) is 0 Å². The van der Waals surface area contributed by atoms with Crippen LogP contribution in [0.4, 0.5) is 0 Å². The number of amides is 14.